The lowest BCUT2D eigenvalue weighted by Crippen LogP contribution is -2.18. The van der Waals surface area contributed by atoms with Crippen molar-refractivity contribution < 1.29 is 9.52 Å². The molecule has 1 fully saturated rings. The molecule has 1 aromatic rings. The summed E-state index contributed by atoms with van der Waals surface area (Å²) in [5.41, 5.74) is -1.33. The van der Waals surface area contributed by atoms with Crippen molar-refractivity contribution in [3.8, 4) is 0 Å². The van der Waals surface area contributed by atoms with E-state index < -0.39 is 5.72 Å². The molecule has 0 spiro atoms. The Labute approximate surface area is 95.4 Å². The van der Waals surface area contributed by atoms with Gasteiger partial charge >= 0.3 is 0 Å². The summed E-state index contributed by atoms with van der Waals surface area (Å²) in [6, 6.07) is 3.72. The highest BCUT2D eigenvalue weighted by atomic mass is 16.4. The van der Waals surface area contributed by atoms with Crippen LogP contribution in [0.3, 0.4) is 0 Å². The summed E-state index contributed by atoms with van der Waals surface area (Å²) in [6.45, 7) is 1.60. The Morgan fingerprint density at radius 1 is 1.38 bits per heavy atom. The van der Waals surface area contributed by atoms with E-state index in [0.717, 1.165) is 12.8 Å². The molecule has 1 atom stereocenters. The van der Waals surface area contributed by atoms with E-state index in [1.807, 2.05) is 0 Å². The molecule has 4 heteroatoms. The van der Waals surface area contributed by atoms with E-state index in [4.69, 9.17) is 4.42 Å². The fourth-order valence-electron chi connectivity index (χ4n) is 1.99. The fourth-order valence-corrected chi connectivity index (χ4v) is 1.99. The first-order valence-corrected chi connectivity index (χ1v) is 5.87. The van der Waals surface area contributed by atoms with Gasteiger partial charge in [0, 0.05) is 0 Å². The summed E-state index contributed by atoms with van der Waals surface area (Å²) in [7, 11) is 0. The molecule has 2 rings (SSSR count). The van der Waals surface area contributed by atoms with E-state index in [-0.39, 0.29) is 6.04 Å². The summed E-state index contributed by atoms with van der Waals surface area (Å²) in [6.07, 6.45) is 7.41. The Kier molecular flexibility index (Phi) is 3.39. The van der Waals surface area contributed by atoms with Crippen molar-refractivity contribution in [2.24, 2.45) is 10.2 Å². The van der Waals surface area contributed by atoms with Gasteiger partial charge in [-0.1, -0.05) is 19.3 Å². The molecule has 0 saturated heterocycles. The Morgan fingerprint density at radius 3 is 2.75 bits per heavy atom. The first-order valence-electron chi connectivity index (χ1n) is 5.87. The highest BCUT2D eigenvalue weighted by Gasteiger charge is 2.26. The third kappa shape index (κ3) is 2.70. The molecular formula is C12H18N2O2. The minimum atomic E-state index is -1.33. The lowest BCUT2D eigenvalue weighted by atomic mass is 9.96. The van der Waals surface area contributed by atoms with Crippen LogP contribution in [0.2, 0.25) is 0 Å². The summed E-state index contributed by atoms with van der Waals surface area (Å²) >= 11 is 0. The highest BCUT2D eigenvalue weighted by Crippen LogP contribution is 2.26. The van der Waals surface area contributed by atoms with Crippen molar-refractivity contribution in [1.29, 1.82) is 0 Å². The Bertz CT molecular complexity index is 338. The molecule has 1 N–H and O–H groups in total. The van der Waals surface area contributed by atoms with Crippen molar-refractivity contribution >= 4 is 0 Å². The topological polar surface area (TPSA) is 58.1 Å². The van der Waals surface area contributed by atoms with Crippen molar-refractivity contribution in [3.05, 3.63) is 24.2 Å². The van der Waals surface area contributed by atoms with Crippen LogP contribution < -0.4 is 0 Å². The lowest BCUT2D eigenvalue weighted by Gasteiger charge is -2.19. The minimum Gasteiger partial charge on any atom is -0.464 e. The Morgan fingerprint density at radius 2 is 2.12 bits per heavy atom. The third-order valence-corrected chi connectivity index (χ3v) is 2.98. The lowest BCUT2D eigenvalue weighted by molar-refractivity contribution is 0.0336. The number of azo groups is 1. The van der Waals surface area contributed by atoms with Crippen molar-refractivity contribution in [2.75, 3.05) is 0 Å². The Hall–Kier alpha value is -1.16. The minimum absolute atomic E-state index is 0.273. The standard InChI is InChI=1S/C12H18N2O2/c1-12(15,11-8-5-9-16-11)14-13-10-6-3-2-4-7-10/h5,8-10,15H,2-4,6-7H2,1H3. The molecule has 1 aromatic heterocycles. The van der Waals surface area contributed by atoms with E-state index in [1.54, 1.807) is 19.1 Å². The quantitative estimate of drug-likeness (QED) is 0.798. The van der Waals surface area contributed by atoms with Crippen molar-refractivity contribution in [1.82, 2.24) is 0 Å². The van der Waals surface area contributed by atoms with Crippen molar-refractivity contribution in [2.45, 2.75) is 50.8 Å². The van der Waals surface area contributed by atoms with Crippen LogP contribution in [0.4, 0.5) is 0 Å². The molecule has 0 aliphatic heterocycles. The van der Waals surface area contributed by atoms with Crippen LogP contribution in [0.1, 0.15) is 44.8 Å². The van der Waals surface area contributed by atoms with Gasteiger partial charge in [-0.2, -0.15) is 5.11 Å². The smallest absolute Gasteiger partial charge is 0.231 e. The molecule has 1 heterocycles. The number of nitrogens with zero attached hydrogens (tertiary/aromatic N) is 2. The molecule has 4 nitrogen and oxygen atoms in total. The second kappa shape index (κ2) is 4.78. The largest absolute Gasteiger partial charge is 0.464 e. The molecular weight excluding hydrogens is 204 g/mol. The number of hydrogen-bond donors (Lipinski definition) is 1. The number of hydrogen-bond acceptors (Lipinski definition) is 4. The van der Waals surface area contributed by atoms with Gasteiger partial charge in [-0.25, -0.2) is 0 Å². The normalized spacial score (nSPS) is 22.4. The monoisotopic (exact) mass is 222 g/mol. The molecule has 16 heavy (non-hydrogen) atoms. The molecule has 0 aromatic carbocycles. The molecule has 0 bridgehead atoms. The summed E-state index contributed by atoms with van der Waals surface area (Å²) < 4.78 is 5.13. The van der Waals surface area contributed by atoms with Crippen LogP contribution in [0.15, 0.2) is 33.0 Å². The zero-order valence-electron chi connectivity index (χ0n) is 9.59. The molecule has 1 aliphatic rings. The first-order chi connectivity index (χ1) is 7.68. The van der Waals surface area contributed by atoms with Gasteiger partial charge in [0.15, 0.2) is 5.76 Å². The maximum atomic E-state index is 10.1. The van der Waals surface area contributed by atoms with Crippen LogP contribution >= 0.6 is 0 Å². The van der Waals surface area contributed by atoms with Gasteiger partial charge in [0.1, 0.15) is 0 Å². The zero-order valence-corrected chi connectivity index (χ0v) is 9.59. The third-order valence-electron chi connectivity index (χ3n) is 2.98. The fraction of sp³-hybridized carbons (Fsp3) is 0.667. The summed E-state index contributed by atoms with van der Waals surface area (Å²) in [4.78, 5) is 0. The van der Waals surface area contributed by atoms with Gasteiger partial charge in [0.2, 0.25) is 5.72 Å². The van der Waals surface area contributed by atoms with E-state index in [0.29, 0.717) is 5.76 Å². The van der Waals surface area contributed by atoms with Gasteiger partial charge in [0.25, 0.3) is 0 Å². The van der Waals surface area contributed by atoms with Gasteiger partial charge in [-0.05, 0) is 31.9 Å². The molecule has 0 amide bonds. The highest BCUT2D eigenvalue weighted by molar-refractivity contribution is 5.06. The molecule has 1 aliphatic carbocycles. The van der Waals surface area contributed by atoms with Crippen LogP contribution in [0.5, 0.6) is 0 Å². The van der Waals surface area contributed by atoms with E-state index in [1.165, 1.54) is 25.5 Å². The summed E-state index contributed by atoms with van der Waals surface area (Å²) in [5.74, 6) is 0.437. The first kappa shape index (κ1) is 11.3. The van der Waals surface area contributed by atoms with E-state index >= 15 is 0 Å². The van der Waals surface area contributed by atoms with Crippen LogP contribution in [-0.4, -0.2) is 11.1 Å². The molecule has 1 unspecified atom stereocenters. The SMILES string of the molecule is CC(O)(N=NC1CCCCC1)c1ccco1. The molecule has 1 saturated carbocycles. The molecule has 88 valence electrons. The maximum absolute atomic E-state index is 10.1. The number of aliphatic hydroxyl groups is 1. The van der Waals surface area contributed by atoms with Gasteiger partial charge in [-0.15, -0.1) is 5.11 Å². The van der Waals surface area contributed by atoms with E-state index in [2.05, 4.69) is 10.2 Å². The molecule has 0 radical (unpaired) electrons. The number of rotatable bonds is 3. The average Bonchev–Trinajstić information content (AvgIpc) is 2.82. The van der Waals surface area contributed by atoms with Crippen LogP contribution in [0.25, 0.3) is 0 Å². The van der Waals surface area contributed by atoms with Gasteiger partial charge < -0.3 is 9.52 Å². The maximum Gasteiger partial charge on any atom is 0.231 e. The predicted molar refractivity (Wildman–Crippen MR) is 60.0 cm³/mol. The average molecular weight is 222 g/mol. The van der Waals surface area contributed by atoms with Gasteiger partial charge in [-0.3, -0.25) is 0 Å². The van der Waals surface area contributed by atoms with Crippen molar-refractivity contribution in [3.63, 3.8) is 0 Å². The second-order valence-electron chi connectivity index (χ2n) is 4.51. The van der Waals surface area contributed by atoms with Crippen LogP contribution in [0, 0.1) is 0 Å². The van der Waals surface area contributed by atoms with Crippen LogP contribution in [-0.2, 0) is 5.72 Å². The van der Waals surface area contributed by atoms with Gasteiger partial charge in [0.05, 0.1) is 12.3 Å². The zero-order chi connectivity index (χ0) is 11.4. The van der Waals surface area contributed by atoms with E-state index in [9.17, 15) is 5.11 Å². The number of furan rings is 1. The second-order valence-corrected chi connectivity index (χ2v) is 4.51. The summed E-state index contributed by atoms with van der Waals surface area (Å²) in [5, 5.41) is 18.3. The predicted octanol–water partition coefficient (Wildman–Crippen LogP) is 3.23. The Balaban J connectivity index is 1.99.